The van der Waals surface area contributed by atoms with Gasteiger partial charge in [0.2, 0.25) is 0 Å². The van der Waals surface area contributed by atoms with Gasteiger partial charge in [0.1, 0.15) is 12.9 Å². The lowest BCUT2D eigenvalue weighted by molar-refractivity contribution is 0.112. The second-order valence-electron chi connectivity index (χ2n) is 4.62. The van der Waals surface area contributed by atoms with Crippen LogP contribution in [0.5, 0.6) is 11.5 Å². The van der Waals surface area contributed by atoms with Gasteiger partial charge < -0.3 is 14.4 Å². The zero-order valence-corrected chi connectivity index (χ0v) is 10.9. The molecule has 1 aromatic carbocycles. The van der Waals surface area contributed by atoms with Crippen molar-refractivity contribution in [2.24, 2.45) is 0 Å². The first-order valence-corrected chi connectivity index (χ1v) is 6.21. The van der Waals surface area contributed by atoms with E-state index in [1.165, 1.54) is 6.42 Å². The van der Waals surface area contributed by atoms with Crippen molar-refractivity contribution in [1.29, 1.82) is 0 Å². The summed E-state index contributed by atoms with van der Waals surface area (Å²) in [5.41, 5.74) is 0.602. The van der Waals surface area contributed by atoms with Crippen LogP contribution in [0, 0.1) is 0 Å². The number of nitrogens with zero attached hydrogens (tertiary/aromatic N) is 1. The molecule has 0 saturated carbocycles. The van der Waals surface area contributed by atoms with Gasteiger partial charge in [0.05, 0.1) is 7.11 Å². The van der Waals surface area contributed by atoms with E-state index in [0.717, 1.165) is 19.3 Å². The molecule has 1 aliphatic heterocycles. The van der Waals surface area contributed by atoms with Gasteiger partial charge in [-0.25, -0.2) is 0 Å². The molecule has 1 saturated heterocycles. The average molecular weight is 249 g/mol. The minimum absolute atomic E-state index is 0.453. The van der Waals surface area contributed by atoms with Crippen LogP contribution in [0.25, 0.3) is 0 Å². The fourth-order valence-corrected chi connectivity index (χ4v) is 2.26. The Morgan fingerprint density at radius 1 is 1.44 bits per heavy atom. The lowest BCUT2D eigenvalue weighted by Crippen LogP contribution is -2.30. The summed E-state index contributed by atoms with van der Waals surface area (Å²) in [7, 11) is 3.71. The maximum atomic E-state index is 10.8. The summed E-state index contributed by atoms with van der Waals surface area (Å²) in [6.45, 7) is 1.76. The number of aldehydes is 1. The first-order chi connectivity index (χ1) is 8.74. The number of rotatable bonds is 5. The molecule has 4 heteroatoms. The zero-order chi connectivity index (χ0) is 13.0. The minimum atomic E-state index is 0.453. The second-order valence-corrected chi connectivity index (χ2v) is 4.62. The van der Waals surface area contributed by atoms with Gasteiger partial charge in [-0.15, -0.1) is 0 Å². The van der Waals surface area contributed by atoms with Crippen LogP contribution in [0.4, 0.5) is 0 Å². The summed E-state index contributed by atoms with van der Waals surface area (Å²) < 4.78 is 11.0. The van der Waals surface area contributed by atoms with Crippen LogP contribution in [-0.4, -0.2) is 44.5 Å². The molecule has 1 atom stereocenters. The third-order valence-corrected chi connectivity index (χ3v) is 3.43. The van der Waals surface area contributed by atoms with E-state index in [1.54, 1.807) is 25.3 Å². The maximum absolute atomic E-state index is 10.8. The van der Waals surface area contributed by atoms with Crippen molar-refractivity contribution in [1.82, 2.24) is 4.90 Å². The molecule has 1 heterocycles. The van der Waals surface area contributed by atoms with E-state index >= 15 is 0 Å². The summed E-state index contributed by atoms with van der Waals surface area (Å²) in [6.07, 6.45) is 3.19. The molecule has 0 radical (unpaired) electrons. The predicted molar refractivity (Wildman–Crippen MR) is 69.5 cm³/mol. The molecule has 0 aromatic heterocycles. The normalized spacial score (nSPS) is 19.8. The fourth-order valence-electron chi connectivity index (χ4n) is 2.26. The fraction of sp³-hybridized carbons (Fsp3) is 0.500. The molecule has 2 rings (SSSR count). The molecule has 98 valence electrons. The second kappa shape index (κ2) is 5.87. The summed E-state index contributed by atoms with van der Waals surface area (Å²) in [5, 5.41) is 0. The van der Waals surface area contributed by atoms with Gasteiger partial charge in [0.15, 0.2) is 11.5 Å². The molecule has 0 N–H and O–H groups in total. The summed E-state index contributed by atoms with van der Waals surface area (Å²) >= 11 is 0. The van der Waals surface area contributed by atoms with Crippen molar-refractivity contribution in [3.63, 3.8) is 0 Å². The lowest BCUT2D eigenvalue weighted by Gasteiger charge is -2.20. The Hall–Kier alpha value is -1.55. The average Bonchev–Trinajstić information content (AvgIpc) is 2.81. The van der Waals surface area contributed by atoms with Crippen LogP contribution in [0.1, 0.15) is 23.2 Å². The highest BCUT2D eigenvalue weighted by Crippen LogP contribution is 2.28. The summed E-state index contributed by atoms with van der Waals surface area (Å²) in [5.74, 6) is 1.31. The van der Waals surface area contributed by atoms with Crippen molar-refractivity contribution in [2.75, 3.05) is 27.3 Å². The molecule has 1 aliphatic rings. The van der Waals surface area contributed by atoms with Crippen molar-refractivity contribution in [2.45, 2.75) is 18.9 Å². The van der Waals surface area contributed by atoms with E-state index in [2.05, 4.69) is 11.9 Å². The molecule has 0 spiro atoms. The van der Waals surface area contributed by atoms with E-state index in [4.69, 9.17) is 9.47 Å². The largest absolute Gasteiger partial charge is 0.493 e. The monoisotopic (exact) mass is 249 g/mol. The zero-order valence-electron chi connectivity index (χ0n) is 10.9. The molecular formula is C14H19NO3. The Balaban J connectivity index is 2.04. The smallest absolute Gasteiger partial charge is 0.161 e. The Morgan fingerprint density at radius 3 is 2.89 bits per heavy atom. The third kappa shape index (κ3) is 2.82. The number of carbonyl (C=O) groups is 1. The number of benzene rings is 1. The SMILES string of the molecule is COc1ccc(C=O)cc1OCC1CCCN1C. The van der Waals surface area contributed by atoms with Crippen LogP contribution in [0.15, 0.2) is 18.2 Å². The van der Waals surface area contributed by atoms with Gasteiger partial charge in [0, 0.05) is 11.6 Å². The number of carbonyl (C=O) groups excluding carboxylic acids is 1. The molecule has 0 aliphatic carbocycles. The van der Waals surface area contributed by atoms with Gasteiger partial charge in [-0.2, -0.15) is 0 Å². The number of likely N-dealkylation sites (N-methyl/N-ethyl adjacent to an activating group) is 1. The molecule has 1 fully saturated rings. The summed E-state index contributed by atoms with van der Waals surface area (Å²) in [6, 6.07) is 5.66. The number of likely N-dealkylation sites (tertiary alicyclic amines) is 1. The topological polar surface area (TPSA) is 38.8 Å². The lowest BCUT2D eigenvalue weighted by atomic mass is 10.2. The molecule has 18 heavy (non-hydrogen) atoms. The van der Waals surface area contributed by atoms with Crippen molar-refractivity contribution in [3.8, 4) is 11.5 Å². The van der Waals surface area contributed by atoms with Crippen LogP contribution >= 0.6 is 0 Å². The number of ether oxygens (including phenoxy) is 2. The van der Waals surface area contributed by atoms with E-state index in [0.29, 0.717) is 29.7 Å². The van der Waals surface area contributed by atoms with Crippen molar-refractivity contribution in [3.05, 3.63) is 23.8 Å². The van der Waals surface area contributed by atoms with E-state index in [9.17, 15) is 4.79 Å². The highest BCUT2D eigenvalue weighted by molar-refractivity contribution is 5.76. The molecule has 1 aromatic rings. The number of methoxy groups -OCH3 is 1. The quantitative estimate of drug-likeness (QED) is 0.748. The first-order valence-electron chi connectivity index (χ1n) is 6.21. The van der Waals surface area contributed by atoms with Gasteiger partial charge in [0.25, 0.3) is 0 Å². The highest BCUT2D eigenvalue weighted by Gasteiger charge is 2.21. The van der Waals surface area contributed by atoms with Gasteiger partial charge >= 0.3 is 0 Å². The predicted octanol–water partition coefficient (Wildman–Crippen LogP) is 1.98. The van der Waals surface area contributed by atoms with E-state index in [1.807, 2.05) is 0 Å². The van der Waals surface area contributed by atoms with E-state index in [-0.39, 0.29) is 0 Å². The Morgan fingerprint density at radius 2 is 2.28 bits per heavy atom. The molecule has 0 bridgehead atoms. The highest BCUT2D eigenvalue weighted by atomic mass is 16.5. The van der Waals surface area contributed by atoms with E-state index < -0.39 is 0 Å². The van der Waals surface area contributed by atoms with Gasteiger partial charge in [-0.05, 0) is 44.6 Å². The van der Waals surface area contributed by atoms with Crippen LogP contribution in [0.2, 0.25) is 0 Å². The third-order valence-electron chi connectivity index (χ3n) is 3.43. The molecule has 4 nitrogen and oxygen atoms in total. The van der Waals surface area contributed by atoms with Crippen molar-refractivity contribution < 1.29 is 14.3 Å². The molecule has 0 amide bonds. The van der Waals surface area contributed by atoms with Gasteiger partial charge in [-0.3, -0.25) is 4.79 Å². The Labute approximate surface area is 107 Å². The van der Waals surface area contributed by atoms with Gasteiger partial charge in [-0.1, -0.05) is 0 Å². The number of hydrogen-bond acceptors (Lipinski definition) is 4. The number of hydrogen-bond donors (Lipinski definition) is 0. The van der Waals surface area contributed by atoms with Crippen LogP contribution in [0.3, 0.4) is 0 Å². The molecule has 1 unspecified atom stereocenters. The maximum Gasteiger partial charge on any atom is 0.161 e. The van der Waals surface area contributed by atoms with Crippen molar-refractivity contribution >= 4 is 6.29 Å². The van der Waals surface area contributed by atoms with Crippen LogP contribution in [-0.2, 0) is 0 Å². The first kappa shape index (κ1) is 12.9. The van der Waals surface area contributed by atoms with Crippen LogP contribution < -0.4 is 9.47 Å². The molecular weight excluding hydrogens is 230 g/mol. The standard InChI is InChI=1S/C14H19NO3/c1-15-7-3-4-12(15)10-18-14-8-11(9-16)5-6-13(14)17-2/h5-6,8-9,12H,3-4,7,10H2,1-2H3. The minimum Gasteiger partial charge on any atom is -0.493 e. The Kier molecular flexibility index (Phi) is 4.20. The Bertz CT molecular complexity index is 420. The summed E-state index contributed by atoms with van der Waals surface area (Å²) in [4.78, 5) is 13.1.